The van der Waals surface area contributed by atoms with Crippen molar-refractivity contribution in [2.45, 2.75) is 20.8 Å². The molecule has 2 aromatic carbocycles. The molecule has 3 aromatic rings. The number of ketones is 2. The zero-order valence-corrected chi connectivity index (χ0v) is 16.3. The molecule has 0 saturated carbocycles. The summed E-state index contributed by atoms with van der Waals surface area (Å²) in [7, 11) is 0. The number of carbonyl (C=O) groups excluding carboxylic acids is 3. The maximum absolute atomic E-state index is 12.6. The van der Waals surface area contributed by atoms with Gasteiger partial charge in [-0.25, -0.2) is 9.97 Å². The molecule has 7 nitrogen and oxygen atoms in total. The van der Waals surface area contributed by atoms with Crippen molar-refractivity contribution in [1.29, 1.82) is 0 Å². The highest BCUT2D eigenvalue weighted by atomic mass is 16.2. The lowest BCUT2D eigenvalue weighted by molar-refractivity contribution is 0.100. The van der Waals surface area contributed by atoms with Crippen LogP contribution in [0.4, 0.5) is 17.3 Å². The van der Waals surface area contributed by atoms with Gasteiger partial charge in [-0.1, -0.05) is 12.1 Å². The maximum atomic E-state index is 12.6. The van der Waals surface area contributed by atoms with Gasteiger partial charge in [-0.3, -0.25) is 14.4 Å². The molecule has 0 fully saturated rings. The molecule has 2 N–H and O–H groups in total. The largest absolute Gasteiger partial charge is 0.324 e. The first-order valence-electron chi connectivity index (χ1n) is 8.98. The van der Waals surface area contributed by atoms with Gasteiger partial charge in [0.25, 0.3) is 5.91 Å². The van der Waals surface area contributed by atoms with E-state index in [1.807, 2.05) is 0 Å². The number of nitrogens with one attached hydrogen (secondary N) is 2. The highest BCUT2D eigenvalue weighted by molar-refractivity contribution is 6.04. The number of hydrogen-bond acceptors (Lipinski definition) is 6. The predicted octanol–water partition coefficient (Wildman–Crippen LogP) is 4.19. The van der Waals surface area contributed by atoms with Crippen molar-refractivity contribution in [1.82, 2.24) is 9.97 Å². The van der Waals surface area contributed by atoms with Crippen LogP contribution in [0.5, 0.6) is 0 Å². The van der Waals surface area contributed by atoms with Gasteiger partial charge in [0.15, 0.2) is 11.6 Å². The average molecular weight is 388 g/mol. The number of amides is 1. The number of rotatable bonds is 6. The zero-order chi connectivity index (χ0) is 21.0. The van der Waals surface area contributed by atoms with Gasteiger partial charge in [0.05, 0.1) is 0 Å². The predicted molar refractivity (Wildman–Crippen MR) is 111 cm³/mol. The van der Waals surface area contributed by atoms with Gasteiger partial charge in [-0.15, -0.1) is 0 Å². The summed E-state index contributed by atoms with van der Waals surface area (Å²) < 4.78 is 0. The topological polar surface area (TPSA) is 101 Å². The summed E-state index contributed by atoms with van der Waals surface area (Å²) in [6, 6.07) is 15.2. The highest BCUT2D eigenvalue weighted by Gasteiger charge is 2.12. The van der Waals surface area contributed by atoms with Gasteiger partial charge in [-0.2, -0.15) is 0 Å². The third kappa shape index (κ3) is 5.10. The molecule has 0 aliphatic heterocycles. The molecule has 0 spiro atoms. The standard InChI is InChI=1S/C22H20N4O3/c1-13-11-20(21(29)24-19-6-4-5-17(12-19)15(3)28)26-22(23-13)25-18-9-7-16(8-10-18)14(2)27/h4-12H,1-3H3,(H,24,29)(H,23,25,26). The first-order valence-corrected chi connectivity index (χ1v) is 8.98. The van der Waals surface area contributed by atoms with E-state index in [0.29, 0.717) is 28.2 Å². The van der Waals surface area contributed by atoms with E-state index in [-0.39, 0.29) is 23.2 Å². The fraction of sp³-hybridized carbons (Fsp3) is 0.136. The monoisotopic (exact) mass is 388 g/mol. The number of Topliss-reactive ketones (excluding diaryl/α,β-unsaturated/α-hetero) is 2. The summed E-state index contributed by atoms with van der Waals surface area (Å²) in [5, 5.41) is 5.78. The summed E-state index contributed by atoms with van der Waals surface area (Å²) in [4.78, 5) is 44.1. The summed E-state index contributed by atoms with van der Waals surface area (Å²) in [6.07, 6.45) is 0. The van der Waals surface area contributed by atoms with Crippen LogP contribution in [-0.2, 0) is 0 Å². The number of anilines is 3. The second kappa shape index (κ2) is 8.43. The molecule has 0 atom stereocenters. The quantitative estimate of drug-likeness (QED) is 0.614. The van der Waals surface area contributed by atoms with Crippen LogP contribution < -0.4 is 10.6 Å². The Morgan fingerprint density at radius 3 is 2.14 bits per heavy atom. The Bertz CT molecular complexity index is 1090. The second-order valence-corrected chi connectivity index (χ2v) is 6.57. The minimum absolute atomic E-state index is 0.0174. The number of hydrogen-bond donors (Lipinski definition) is 2. The molecule has 0 radical (unpaired) electrons. The van der Waals surface area contributed by atoms with E-state index < -0.39 is 5.91 Å². The van der Waals surface area contributed by atoms with Gasteiger partial charge in [0.2, 0.25) is 5.95 Å². The Kier molecular flexibility index (Phi) is 5.78. The molecule has 0 aliphatic carbocycles. The van der Waals surface area contributed by atoms with E-state index in [2.05, 4.69) is 20.6 Å². The minimum atomic E-state index is -0.411. The van der Waals surface area contributed by atoms with Crippen molar-refractivity contribution in [3.8, 4) is 0 Å². The fourth-order valence-corrected chi connectivity index (χ4v) is 2.67. The molecule has 0 unspecified atom stereocenters. The highest BCUT2D eigenvalue weighted by Crippen LogP contribution is 2.17. The van der Waals surface area contributed by atoms with Crippen LogP contribution in [0.15, 0.2) is 54.6 Å². The van der Waals surface area contributed by atoms with Crippen LogP contribution in [0.1, 0.15) is 50.7 Å². The lowest BCUT2D eigenvalue weighted by Crippen LogP contribution is -2.15. The van der Waals surface area contributed by atoms with Crippen LogP contribution >= 0.6 is 0 Å². The molecule has 1 amide bonds. The SMILES string of the molecule is CC(=O)c1ccc(Nc2nc(C)cc(C(=O)Nc3cccc(C(C)=O)c3)n2)cc1. The number of aryl methyl sites for hydroxylation is 1. The van der Waals surface area contributed by atoms with Crippen molar-refractivity contribution >= 4 is 34.8 Å². The molecule has 0 aliphatic rings. The van der Waals surface area contributed by atoms with Crippen molar-refractivity contribution < 1.29 is 14.4 Å². The molecule has 1 heterocycles. The minimum Gasteiger partial charge on any atom is -0.324 e. The van der Waals surface area contributed by atoms with E-state index in [1.165, 1.54) is 13.8 Å². The number of carbonyl (C=O) groups is 3. The van der Waals surface area contributed by atoms with Crippen LogP contribution in [0.2, 0.25) is 0 Å². The number of benzene rings is 2. The molecular weight excluding hydrogens is 368 g/mol. The van der Waals surface area contributed by atoms with E-state index in [1.54, 1.807) is 61.5 Å². The van der Waals surface area contributed by atoms with Gasteiger partial charge < -0.3 is 10.6 Å². The zero-order valence-electron chi connectivity index (χ0n) is 16.3. The molecule has 1 aromatic heterocycles. The smallest absolute Gasteiger partial charge is 0.274 e. The lowest BCUT2D eigenvalue weighted by atomic mass is 10.1. The normalized spacial score (nSPS) is 10.3. The first-order chi connectivity index (χ1) is 13.8. The van der Waals surface area contributed by atoms with Crippen molar-refractivity contribution in [3.63, 3.8) is 0 Å². The van der Waals surface area contributed by atoms with Crippen LogP contribution in [-0.4, -0.2) is 27.4 Å². The van der Waals surface area contributed by atoms with Crippen molar-refractivity contribution in [2.75, 3.05) is 10.6 Å². The molecular formula is C22H20N4O3. The molecule has 29 heavy (non-hydrogen) atoms. The number of nitrogens with zero attached hydrogens (tertiary/aromatic N) is 2. The van der Waals surface area contributed by atoms with Gasteiger partial charge >= 0.3 is 0 Å². The maximum Gasteiger partial charge on any atom is 0.274 e. The van der Waals surface area contributed by atoms with Gasteiger partial charge in [0, 0.05) is 28.2 Å². The third-order valence-electron chi connectivity index (χ3n) is 4.16. The lowest BCUT2D eigenvalue weighted by Gasteiger charge is -2.10. The Morgan fingerprint density at radius 2 is 1.48 bits per heavy atom. The van der Waals surface area contributed by atoms with Crippen LogP contribution in [0, 0.1) is 6.92 Å². The summed E-state index contributed by atoms with van der Waals surface area (Å²) in [5.41, 5.74) is 3.13. The second-order valence-electron chi connectivity index (χ2n) is 6.57. The summed E-state index contributed by atoms with van der Waals surface area (Å²) in [6.45, 7) is 4.73. The van der Waals surface area contributed by atoms with E-state index in [4.69, 9.17) is 0 Å². The Balaban J connectivity index is 1.79. The molecule has 0 saturated heterocycles. The van der Waals surface area contributed by atoms with Crippen LogP contribution in [0.25, 0.3) is 0 Å². The Labute approximate surface area is 168 Å². The Morgan fingerprint density at radius 1 is 0.793 bits per heavy atom. The van der Waals surface area contributed by atoms with Crippen molar-refractivity contribution in [3.05, 3.63) is 77.1 Å². The van der Waals surface area contributed by atoms with Crippen LogP contribution in [0.3, 0.4) is 0 Å². The Hall–Kier alpha value is -3.87. The van der Waals surface area contributed by atoms with Crippen molar-refractivity contribution in [2.24, 2.45) is 0 Å². The summed E-state index contributed by atoms with van der Waals surface area (Å²) >= 11 is 0. The fourth-order valence-electron chi connectivity index (χ4n) is 2.67. The number of aromatic nitrogens is 2. The van der Waals surface area contributed by atoms with E-state index in [0.717, 1.165) is 0 Å². The third-order valence-corrected chi connectivity index (χ3v) is 4.16. The molecule has 146 valence electrons. The molecule has 3 rings (SSSR count). The van der Waals surface area contributed by atoms with Gasteiger partial charge in [-0.05, 0) is 63.2 Å². The van der Waals surface area contributed by atoms with Gasteiger partial charge in [0.1, 0.15) is 5.69 Å². The van der Waals surface area contributed by atoms with E-state index >= 15 is 0 Å². The average Bonchev–Trinajstić information content (AvgIpc) is 2.68. The first kappa shape index (κ1) is 19.9. The van der Waals surface area contributed by atoms with E-state index in [9.17, 15) is 14.4 Å². The molecule has 0 bridgehead atoms. The summed E-state index contributed by atoms with van der Waals surface area (Å²) in [5.74, 6) is -0.244. The molecule has 7 heteroatoms.